The van der Waals surface area contributed by atoms with Crippen LogP contribution in [0.2, 0.25) is 0 Å². The van der Waals surface area contributed by atoms with Crippen molar-refractivity contribution < 1.29 is 29.2 Å². The van der Waals surface area contributed by atoms with Gasteiger partial charge in [-0.15, -0.1) is 0 Å². The minimum Gasteiger partial charge on any atom is -0.387 e. The van der Waals surface area contributed by atoms with Crippen molar-refractivity contribution in [2.75, 3.05) is 13.2 Å². The largest absolute Gasteiger partial charge is 0.387 e. The molecular weight excluding hydrogens is 493 g/mol. The van der Waals surface area contributed by atoms with E-state index in [1.807, 2.05) is 6.92 Å². The molecule has 2 aliphatic heterocycles. The number of nitrogens with zero attached hydrogens (tertiary/aromatic N) is 3. The lowest BCUT2D eigenvalue weighted by Crippen LogP contribution is -2.47. The molecule has 1 amide bonds. The van der Waals surface area contributed by atoms with Crippen LogP contribution in [-0.2, 0) is 34.7 Å². The lowest BCUT2D eigenvalue weighted by atomic mass is 9.81. The Morgan fingerprint density at radius 1 is 1.29 bits per heavy atom. The number of likely N-dealkylation sites (N-methyl/N-ethyl adjacent to an activating group) is 1. The third-order valence-corrected chi connectivity index (χ3v) is 8.68. The van der Waals surface area contributed by atoms with Gasteiger partial charge < -0.3 is 29.5 Å². The van der Waals surface area contributed by atoms with Crippen LogP contribution in [-0.4, -0.2) is 55.1 Å². The number of fused-ring (bicyclic) bond motifs is 5. The summed E-state index contributed by atoms with van der Waals surface area (Å²) in [5.41, 5.74) is 2.82. The zero-order valence-electron chi connectivity index (χ0n) is 21.5. The van der Waals surface area contributed by atoms with Crippen molar-refractivity contribution in [1.82, 2.24) is 14.5 Å². The molecule has 1 aliphatic carbocycles. The molecular formula is C28H30FN3O6. The van der Waals surface area contributed by atoms with Gasteiger partial charge in [-0.25, -0.2) is 9.37 Å². The first-order valence-electron chi connectivity index (χ1n) is 13.0. The average molecular weight is 524 g/mol. The number of benzene rings is 1. The van der Waals surface area contributed by atoms with Gasteiger partial charge in [-0.1, -0.05) is 6.92 Å². The van der Waals surface area contributed by atoms with E-state index >= 15 is 4.39 Å². The second kappa shape index (κ2) is 8.67. The fourth-order valence-corrected chi connectivity index (χ4v) is 6.62. The highest BCUT2D eigenvalue weighted by molar-refractivity contribution is 5.93. The van der Waals surface area contributed by atoms with E-state index in [2.05, 4.69) is 0 Å². The number of hydrogen-bond donors (Lipinski definition) is 3. The maximum atomic E-state index is 15.0. The fourth-order valence-electron chi connectivity index (χ4n) is 6.62. The van der Waals surface area contributed by atoms with Crippen molar-refractivity contribution in [2.24, 2.45) is 0 Å². The molecule has 3 aromatic rings. The number of aliphatic hydroxyl groups is 3. The second-order valence-corrected chi connectivity index (χ2v) is 10.4. The summed E-state index contributed by atoms with van der Waals surface area (Å²) < 4.78 is 21.9. The van der Waals surface area contributed by atoms with Gasteiger partial charge in [-0.2, -0.15) is 0 Å². The minimum atomic E-state index is -1.76. The zero-order chi connectivity index (χ0) is 27.1. The Kier molecular flexibility index (Phi) is 5.73. The van der Waals surface area contributed by atoms with Crippen molar-refractivity contribution in [3.8, 4) is 11.4 Å². The molecule has 0 spiro atoms. The van der Waals surface area contributed by atoms with E-state index in [4.69, 9.17) is 9.72 Å². The lowest BCUT2D eigenvalue weighted by Gasteiger charge is -2.37. The SMILES string of the molecule is CCN(C(=O)CO)[C@H]1CCc2c(C)c(F)cc3nc4c(c1c23)Cn1c-4cc2c(c1=O)COC(O)[C@]2(O)CC. The van der Waals surface area contributed by atoms with Gasteiger partial charge in [0.1, 0.15) is 18.0 Å². The molecule has 4 heterocycles. The number of carbonyl (C=O) groups is 1. The van der Waals surface area contributed by atoms with Crippen LogP contribution in [0.1, 0.15) is 66.1 Å². The molecule has 1 unspecified atom stereocenters. The molecule has 0 saturated heterocycles. The maximum Gasteiger partial charge on any atom is 0.257 e. The van der Waals surface area contributed by atoms with E-state index in [1.54, 1.807) is 29.4 Å². The smallest absolute Gasteiger partial charge is 0.257 e. The molecule has 200 valence electrons. The quantitative estimate of drug-likeness (QED) is 0.374. The Hall–Kier alpha value is -3.18. The summed E-state index contributed by atoms with van der Waals surface area (Å²) >= 11 is 0. The van der Waals surface area contributed by atoms with Crippen LogP contribution in [0.3, 0.4) is 0 Å². The van der Waals surface area contributed by atoms with E-state index < -0.39 is 24.4 Å². The topological polar surface area (TPSA) is 125 Å². The van der Waals surface area contributed by atoms with Crippen molar-refractivity contribution >= 4 is 16.8 Å². The summed E-state index contributed by atoms with van der Waals surface area (Å²) in [7, 11) is 0. The molecule has 3 atom stereocenters. The molecule has 0 bridgehead atoms. The lowest BCUT2D eigenvalue weighted by molar-refractivity contribution is -0.236. The molecule has 9 nitrogen and oxygen atoms in total. The molecule has 3 aliphatic rings. The van der Waals surface area contributed by atoms with E-state index in [0.29, 0.717) is 47.4 Å². The van der Waals surface area contributed by atoms with Gasteiger partial charge in [0, 0.05) is 34.7 Å². The van der Waals surface area contributed by atoms with E-state index in [9.17, 15) is 24.9 Å². The number of aromatic nitrogens is 2. The number of halogens is 1. The Labute approximate surface area is 218 Å². The van der Waals surface area contributed by atoms with Crippen LogP contribution < -0.4 is 5.56 Å². The van der Waals surface area contributed by atoms with Gasteiger partial charge in [0.25, 0.3) is 5.56 Å². The van der Waals surface area contributed by atoms with Crippen LogP contribution >= 0.6 is 0 Å². The second-order valence-electron chi connectivity index (χ2n) is 10.4. The zero-order valence-corrected chi connectivity index (χ0v) is 21.5. The summed E-state index contributed by atoms with van der Waals surface area (Å²) in [5.74, 6) is -0.773. The number of ether oxygens (including phenoxy) is 1. The van der Waals surface area contributed by atoms with Crippen molar-refractivity contribution in [1.29, 1.82) is 0 Å². The maximum absolute atomic E-state index is 15.0. The third kappa shape index (κ3) is 3.21. The normalized spacial score (nSPS) is 23.2. The fraction of sp³-hybridized carbons (Fsp3) is 0.464. The number of rotatable bonds is 4. The van der Waals surface area contributed by atoms with Crippen LogP contribution in [0.25, 0.3) is 22.3 Å². The molecule has 0 saturated carbocycles. The Bertz CT molecular complexity index is 1580. The highest BCUT2D eigenvalue weighted by Crippen LogP contribution is 2.47. The molecule has 1 aromatic carbocycles. The molecule has 0 fully saturated rings. The van der Waals surface area contributed by atoms with E-state index in [0.717, 1.165) is 22.1 Å². The molecule has 38 heavy (non-hydrogen) atoms. The number of aryl methyl sites for hydroxylation is 1. The number of hydrogen-bond acceptors (Lipinski definition) is 7. The van der Waals surface area contributed by atoms with Gasteiger partial charge in [0.05, 0.1) is 36.1 Å². The average Bonchev–Trinajstić information content (AvgIpc) is 3.29. The van der Waals surface area contributed by atoms with Gasteiger partial charge in [-0.3, -0.25) is 9.59 Å². The summed E-state index contributed by atoms with van der Waals surface area (Å²) in [6.07, 6.45) is -0.272. The predicted molar refractivity (Wildman–Crippen MR) is 136 cm³/mol. The first-order chi connectivity index (χ1) is 18.2. The molecule has 10 heteroatoms. The van der Waals surface area contributed by atoms with Crippen molar-refractivity contribution in [2.45, 2.75) is 71.1 Å². The van der Waals surface area contributed by atoms with Crippen LogP contribution in [0.15, 0.2) is 16.9 Å². The summed E-state index contributed by atoms with van der Waals surface area (Å²) in [5, 5.41) is 32.2. The Balaban J connectivity index is 1.67. The highest BCUT2D eigenvalue weighted by atomic mass is 19.1. The summed E-state index contributed by atoms with van der Waals surface area (Å²) in [6.45, 7) is 5.09. The van der Waals surface area contributed by atoms with E-state index in [1.165, 1.54) is 6.07 Å². The van der Waals surface area contributed by atoms with Gasteiger partial charge in [0.2, 0.25) is 5.91 Å². The van der Waals surface area contributed by atoms with Gasteiger partial charge in [-0.05, 0) is 55.9 Å². The minimum absolute atomic E-state index is 0.123. The highest BCUT2D eigenvalue weighted by Gasteiger charge is 2.45. The molecule has 3 N–H and O–H groups in total. The molecule has 0 radical (unpaired) electrons. The van der Waals surface area contributed by atoms with E-state index in [-0.39, 0.29) is 42.6 Å². The monoisotopic (exact) mass is 523 g/mol. The summed E-state index contributed by atoms with van der Waals surface area (Å²) in [4.78, 5) is 32.9. The molecule has 2 aromatic heterocycles. The Morgan fingerprint density at radius 2 is 2.05 bits per heavy atom. The van der Waals surface area contributed by atoms with Crippen molar-refractivity contribution in [3.05, 3.63) is 61.7 Å². The number of aliphatic hydroxyl groups excluding tert-OH is 2. The first kappa shape index (κ1) is 25.1. The third-order valence-electron chi connectivity index (χ3n) is 8.68. The van der Waals surface area contributed by atoms with Crippen molar-refractivity contribution in [3.63, 3.8) is 0 Å². The van der Waals surface area contributed by atoms with Gasteiger partial charge in [0.15, 0.2) is 6.29 Å². The number of carbonyl (C=O) groups excluding carboxylic acids is 1. The Morgan fingerprint density at radius 3 is 2.74 bits per heavy atom. The standard InChI is InChI=1S/C28H30FN3O6/c1-4-28(37)17-8-21-25-15(10-32(21)26(35)16(17)12-38-27(28)36)24-20(31(5-2)22(34)11-33)7-6-14-13(3)18(29)9-19(30-25)23(14)24/h8-9,20,27,33,36-37H,4-7,10-12H2,1-3H3/t20-,27?,28-/m0/s1. The van der Waals surface area contributed by atoms with Crippen LogP contribution in [0, 0.1) is 12.7 Å². The first-order valence-corrected chi connectivity index (χ1v) is 13.0. The summed E-state index contributed by atoms with van der Waals surface area (Å²) in [6, 6.07) is 2.70. The van der Waals surface area contributed by atoms with Gasteiger partial charge >= 0.3 is 0 Å². The number of pyridine rings is 2. The predicted octanol–water partition coefficient (Wildman–Crippen LogP) is 2.15. The molecule has 6 rings (SSSR count). The number of amides is 1. The van der Waals surface area contributed by atoms with Crippen LogP contribution in [0.4, 0.5) is 4.39 Å². The van der Waals surface area contributed by atoms with Crippen LogP contribution in [0.5, 0.6) is 0 Å².